The van der Waals surface area contributed by atoms with E-state index in [9.17, 15) is 20.0 Å². The molecule has 1 aromatic rings. The van der Waals surface area contributed by atoms with E-state index in [0.29, 0.717) is 11.1 Å². The van der Waals surface area contributed by atoms with Gasteiger partial charge in [-0.05, 0) is 30.2 Å². The molecule has 0 aliphatic carbocycles. The second-order valence-corrected chi connectivity index (χ2v) is 4.18. The van der Waals surface area contributed by atoms with Crippen molar-refractivity contribution in [3.63, 3.8) is 0 Å². The summed E-state index contributed by atoms with van der Waals surface area (Å²) in [5.74, 6) is -0.239. The number of benzene rings is 1. The third-order valence-electron chi connectivity index (χ3n) is 2.66. The summed E-state index contributed by atoms with van der Waals surface area (Å²) in [5, 5.41) is 20.5. The number of hydrogen-bond acceptors (Lipinski definition) is 4. The maximum absolute atomic E-state index is 10.5. The lowest BCUT2D eigenvalue weighted by atomic mass is 9.95. The predicted octanol–water partition coefficient (Wildman–Crippen LogP) is 2.41. The van der Waals surface area contributed by atoms with Crippen LogP contribution in [0.3, 0.4) is 0 Å². The molecule has 0 aliphatic heterocycles. The van der Waals surface area contributed by atoms with Crippen molar-refractivity contribution in [3.05, 3.63) is 51.6 Å². The van der Waals surface area contributed by atoms with Crippen LogP contribution >= 0.6 is 0 Å². The highest BCUT2D eigenvalue weighted by Crippen LogP contribution is 2.25. The van der Waals surface area contributed by atoms with E-state index in [4.69, 9.17) is 0 Å². The lowest BCUT2D eigenvalue weighted by molar-refractivity contribution is -0.384. The number of nitrogens with zero attached hydrogens (tertiary/aromatic N) is 1. The van der Waals surface area contributed by atoms with Crippen LogP contribution in [0.5, 0.6) is 0 Å². The Labute approximate surface area is 105 Å². The molecule has 0 aromatic heterocycles. The number of non-ortho nitro benzene ring substituents is 1. The van der Waals surface area contributed by atoms with Gasteiger partial charge >= 0.3 is 0 Å². The molecule has 0 saturated carbocycles. The zero-order valence-electron chi connectivity index (χ0n) is 10.2. The van der Waals surface area contributed by atoms with Gasteiger partial charge < -0.3 is 5.11 Å². The van der Waals surface area contributed by atoms with Gasteiger partial charge in [-0.1, -0.05) is 13.0 Å². The molecule has 0 bridgehead atoms. The molecule has 0 unspecified atom stereocenters. The normalized spacial score (nSPS) is 14.9. The fourth-order valence-corrected chi connectivity index (χ4v) is 1.64. The molecule has 96 valence electrons. The van der Waals surface area contributed by atoms with Crippen molar-refractivity contribution in [1.29, 1.82) is 0 Å². The van der Waals surface area contributed by atoms with Gasteiger partial charge in [-0.2, -0.15) is 0 Å². The van der Waals surface area contributed by atoms with Gasteiger partial charge in [0.25, 0.3) is 5.69 Å². The SMILES string of the molecule is C/C(C=O)=C\[C@@H](C)[C@@H](O)c1ccc([N+](=O)[O-])cc1. The number of aliphatic hydroxyl groups is 1. The number of hydrogen-bond donors (Lipinski definition) is 1. The van der Waals surface area contributed by atoms with Crippen molar-refractivity contribution < 1.29 is 14.8 Å². The highest BCUT2D eigenvalue weighted by atomic mass is 16.6. The Bertz CT molecular complexity index is 464. The molecule has 0 radical (unpaired) electrons. The van der Waals surface area contributed by atoms with Crippen LogP contribution in [0.25, 0.3) is 0 Å². The van der Waals surface area contributed by atoms with Gasteiger partial charge in [-0.25, -0.2) is 0 Å². The standard InChI is InChI=1S/C13H15NO4/c1-9(8-15)7-10(2)13(16)11-3-5-12(6-4-11)14(17)18/h3-8,10,13,16H,1-2H3/b9-7+/t10-,13-/m1/s1. The van der Waals surface area contributed by atoms with Gasteiger partial charge in [0.15, 0.2) is 0 Å². The van der Waals surface area contributed by atoms with E-state index in [2.05, 4.69) is 0 Å². The Morgan fingerprint density at radius 3 is 2.39 bits per heavy atom. The van der Waals surface area contributed by atoms with Crippen molar-refractivity contribution in [1.82, 2.24) is 0 Å². The van der Waals surface area contributed by atoms with Crippen LogP contribution in [0.15, 0.2) is 35.9 Å². The van der Waals surface area contributed by atoms with E-state index in [1.165, 1.54) is 24.3 Å². The topological polar surface area (TPSA) is 80.4 Å². The van der Waals surface area contributed by atoms with E-state index in [0.717, 1.165) is 6.29 Å². The largest absolute Gasteiger partial charge is 0.388 e. The number of carbonyl (C=O) groups is 1. The quantitative estimate of drug-likeness (QED) is 0.376. The Hall–Kier alpha value is -2.01. The van der Waals surface area contributed by atoms with Crippen molar-refractivity contribution in [2.75, 3.05) is 0 Å². The summed E-state index contributed by atoms with van der Waals surface area (Å²) in [6.07, 6.45) is 1.60. The third-order valence-corrected chi connectivity index (χ3v) is 2.66. The van der Waals surface area contributed by atoms with Gasteiger partial charge in [-0.15, -0.1) is 0 Å². The lowest BCUT2D eigenvalue weighted by Crippen LogP contribution is -2.07. The van der Waals surface area contributed by atoms with Crippen molar-refractivity contribution >= 4 is 12.0 Å². The lowest BCUT2D eigenvalue weighted by Gasteiger charge is -2.16. The van der Waals surface area contributed by atoms with E-state index < -0.39 is 11.0 Å². The second-order valence-electron chi connectivity index (χ2n) is 4.18. The minimum Gasteiger partial charge on any atom is -0.388 e. The molecular formula is C13H15NO4. The molecule has 0 amide bonds. The number of aliphatic hydroxyl groups excluding tert-OH is 1. The first-order chi connectivity index (χ1) is 8.45. The number of nitro benzene ring substituents is 1. The molecule has 2 atom stereocenters. The maximum atomic E-state index is 10.5. The Kier molecular flexibility index (Phi) is 4.74. The summed E-state index contributed by atoms with van der Waals surface area (Å²) in [4.78, 5) is 20.5. The summed E-state index contributed by atoms with van der Waals surface area (Å²) >= 11 is 0. The van der Waals surface area contributed by atoms with E-state index in [-0.39, 0.29) is 11.6 Å². The molecule has 0 aliphatic rings. The molecule has 5 heteroatoms. The zero-order valence-corrected chi connectivity index (χ0v) is 10.2. The minimum absolute atomic E-state index is 0.0155. The molecule has 0 saturated heterocycles. The maximum Gasteiger partial charge on any atom is 0.269 e. The fraction of sp³-hybridized carbons (Fsp3) is 0.308. The molecule has 0 fully saturated rings. The average Bonchev–Trinajstić information content (AvgIpc) is 2.37. The number of aldehydes is 1. The second kappa shape index (κ2) is 6.07. The first kappa shape index (κ1) is 14.1. The zero-order chi connectivity index (χ0) is 13.7. The van der Waals surface area contributed by atoms with Crippen LogP contribution in [-0.2, 0) is 4.79 Å². The van der Waals surface area contributed by atoms with Crippen molar-refractivity contribution in [3.8, 4) is 0 Å². The molecule has 0 heterocycles. The molecule has 5 nitrogen and oxygen atoms in total. The number of nitro groups is 1. The van der Waals surface area contributed by atoms with Gasteiger partial charge in [0.2, 0.25) is 0 Å². The van der Waals surface area contributed by atoms with Crippen molar-refractivity contribution in [2.45, 2.75) is 20.0 Å². The Balaban J connectivity index is 2.87. The highest BCUT2D eigenvalue weighted by Gasteiger charge is 2.15. The van der Waals surface area contributed by atoms with E-state index >= 15 is 0 Å². The minimum atomic E-state index is -0.791. The highest BCUT2D eigenvalue weighted by molar-refractivity contribution is 5.72. The molecular weight excluding hydrogens is 234 g/mol. The predicted molar refractivity (Wildman–Crippen MR) is 67.0 cm³/mol. The summed E-state index contributed by atoms with van der Waals surface area (Å²) in [6, 6.07) is 5.73. The summed E-state index contributed by atoms with van der Waals surface area (Å²) in [5.41, 5.74) is 1.12. The fourth-order valence-electron chi connectivity index (χ4n) is 1.64. The molecule has 18 heavy (non-hydrogen) atoms. The average molecular weight is 249 g/mol. The van der Waals surface area contributed by atoms with Crippen LogP contribution < -0.4 is 0 Å². The summed E-state index contributed by atoms with van der Waals surface area (Å²) < 4.78 is 0. The van der Waals surface area contributed by atoms with E-state index in [1.807, 2.05) is 0 Å². The molecule has 1 aromatic carbocycles. The monoisotopic (exact) mass is 249 g/mol. The van der Waals surface area contributed by atoms with Crippen LogP contribution in [0.4, 0.5) is 5.69 Å². The van der Waals surface area contributed by atoms with Crippen LogP contribution in [0, 0.1) is 16.0 Å². The first-order valence-electron chi connectivity index (χ1n) is 5.51. The van der Waals surface area contributed by atoms with E-state index in [1.54, 1.807) is 19.9 Å². The number of rotatable bonds is 5. The van der Waals surface area contributed by atoms with Gasteiger partial charge in [0.05, 0.1) is 11.0 Å². The van der Waals surface area contributed by atoms with Gasteiger partial charge in [0.1, 0.15) is 6.29 Å². The number of carbonyl (C=O) groups excluding carboxylic acids is 1. The Morgan fingerprint density at radius 1 is 1.39 bits per heavy atom. The summed E-state index contributed by atoms with van der Waals surface area (Å²) in [7, 11) is 0. The van der Waals surface area contributed by atoms with Crippen LogP contribution in [-0.4, -0.2) is 16.3 Å². The van der Waals surface area contributed by atoms with Gasteiger partial charge in [0, 0.05) is 18.1 Å². The third kappa shape index (κ3) is 3.49. The summed E-state index contributed by atoms with van der Waals surface area (Å²) in [6.45, 7) is 3.44. The molecule has 1 N–H and O–H groups in total. The van der Waals surface area contributed by atoms with Crippen molar-refractivity contribution in [2.24, 2.45) is 5.92 Å². The molecule has 0 spiro atoms. The van der Waals surface area contributed by atoms with Crippen LogP contribution in [0.2, 0.25) is 0 Å². The molecule has 1 rings (SSSR count). The van der Waals surface area contributed by atoms with Crippen LogP contribution in [0.1, 0.15) is 25.5 Å². The first-order valence-corrected chi connectivity index (χ1v) is 5.51. The number of allylic oxidation sites excluding steroid dienone is 1. The van der Waals surface area contributed by atoms with Gasteiger partial charge in [-0.3, -0.25) is 14.9 Å². The Morgan fingerprint density at radius 2 is 1.94 bits per heavy atom. The smallest absolute Gasteiger partial charge is 0.269 e.